The minimum Gasteiger partial charge on any atom is -0.462 e. The van der Waals surface area contributed by atoms with E-state index in [4.69, 9.17) is 13.9 Å². The second-order valence-corrected chi connectivity index (χ2v) is 9.63. The standard InChI is InChI=1S/C27H32N2O7/c1-15(2)13-34-26(30)23-17(5)28-18(6)24(27(31)35-14-16(3)4)25(23)22-12-11-21(36-22)19-7-9-20(10-8-19)29(32)33/h7-12,15-16,25,28H,13-14H2,1-6H3. The molecule has 0 spiro atoms. The third-order valence-electron chi connectivity index (χ3n) is 5.57. The van der Waals surface area contributed by atoms with Gasteiger partial charge < -0.3 is 19.2 Å². The van der Waals surface area contributed by atoms with Crippen molar-refractivity contribution in [1.82, 2.24) is 5.32 Å². The second kappa shape index (κ2) is 11.2. The molecular formula is C27H32N2O7. The molecule has 1 aliphatic rings. The summed E-state index contributed by atoms with van der Waals surface area (Å²) >= 11 is 0. The molecule has 192 valence electrons. The first-order chi connectivity index (χ1) is 17.0. The first-order valence-electron chi connectivity index (χ1n) is 11.9. The normalized spacial score (nSPS) is 14.3. The summed E-state index contributed by atoms with van der Waals surface area (Å²) in [6.07, 6.45) is 0. The number of carbonyl (C=O) groups excluding carboxylic acids is 2. The Bertz CT molecular complexity index is 1160. The Balaban J connectivity index is 2.05. The zero-order valence-corrected chi connectivity index (χ0v) is 21.4. The number of nitro benzene ring substituents is 1. The molecule has 0 atom stereocenters. The molecule has 0 aliphatic carbocycles. The van der Waals surface area contributed by atoms with E-state index in [0.29, 0.717) is 28.5 Å². The highest BCUT2D eigenvalue weighted by atomic mass is 16.6. The lowest BCUT2D eigenvalue weighted by molar-refractivity contribution is -0.384. The molecule has 0 fully saturated rings. The molecule has 9 nitrogen and oxygen atoms in total. The zero-order valence-electron chi connectivity index (χ0n) is 21.4. The molecule has 0 amide bonds. The average Bonchev–Trinajstić information content (AvgIpc) is 3.30. The van der Waals surface area contributed by atoms with E-state index in [1.54, 1.807) is 38.1 Å². The fourth-order valence-electron chi connectivity index (χ4n) is 3.87. The van der Waals surface area contributed by atoms with Crippen LogP contribution in [0.1, 0.15) is 53.2 Å². The molecule has 1 N–H and O–H groups in total. The van der Waals surface area contributed by atoms with Gasteiger partial charge in [-0.25, -0.2) is 9.59 Å². The van der Waals surface area contributed by atoms with Gasteiger partial charge in [-0.05, 0) is 49.9 Å². The summed E-state index contributed by atoms with van der Waals surface area (Å²) < 4.78 is 17.2. The van der Waals surface area contributed by atoms with Crippen molar-refractivity contribution in [1.29, 1.82) is 0 Å². The van der Waals surface area contributed by atoms with Crippen LogP contribution >= 0.6 is 0 Å². The van der Waals surface area contributed by atoms with Crippen LogP contribution in [-0.2, 0) is 19.1 Å². The molecule has 2 heterocycles. The van der Waals surface area contributed by atoms with E-state index in [9.17, 15) is 19.7 Å². The number of nitro groups is 1. The molecule has 0 radical (unpaired) electrons. The van der Waals surface area contributed by atoms with Crippen molar-refractivity contribution in [2.24, 2.45) is 11.8 Å². The monoisotopic (exact) mass is 496 g/mol. The minimum atomic E-state index is -0.850. The largest absolute Gasteiger partial charge is 0.462 e. The number of allylic oxidation sites excluding steroid dienone is 2. The quantitative estimate of drug-likeness (QED) is 0.275. The summed E-state index contributed by atoms with van der Waals surface area (Å²) in [6, 6.07) is 9.34. The molecule has 0 saturated heterocycles. The Morgan fingerprint density at radius 1 is 0.917 bits per heavy atom. The van der Waals surface area contributed by atoms with Crippen molar-refractivity contribution in [3.63, 3.8) is 0 Å². The topological polar surface area (TPSA) is 121 Å². The molecule has 36 heavy (non-hydrogen) atoms. The van der Waals surface area contributed by atoms with Gasteiger partial charge in [-0.3, -0.25) is 10.1 Å². The minimum absolute atomic E-state index is 0.0358. The number of hydrogen-bond acceptors (Lipinski definition) is 8. The van der Waals surface area contributed by atoms with Gasteiger partial charge in [-0.15, -0.1) is 0 Å². The number of furan rings is 1. The third kappa shape index (κ3) is 6.02. The van der Waals surface area contributed by atoms with Gasteiger partial charge >= 0.3 is 11.9 Å². The van der Waals surface area contributed by atoms with Crippen molar-refractivity contribution in [3.8, 4) is 11.3 Å². The molecule has 9 heteroatoms. The van der Waals surface area contributed by atoms with Gasteiger partial charge in [0.15, 0.2) is 0 Å². The summed E-state index contributed by atoms with van der Waals surface area (Å²) in [5.74, 6) is -0.875. The Morgan fingerprint density at radius 2 is 1.42 bits per heavy atom. The van der Waals surface area contributed by atoms with E-state index in [-0.39, 0.29) is 41.9 Å². The smallest absolute Gasteiger partial charge is 0.336 e. The van der Waals surface area contributed by atoms with Gasteiger partial charge in [-0.1, -0.05) is 27.7 Å². The number of nitrogens with one attached hydrogen (secondary N) is 1. The lowest BCUT2D eigenvalue weighted by Gasteiger charge is -2.29. The predicted octanol–water partition coefficient (Wildman–Crippen LogP) is 5.49. The van der Waals surface area contributed by atoms with Crippen LogP contribution in [0.15, 0.2) is 63.4 Å². The highest BCUT2D eigenvalue weighted by Gasteiger charge is 2.40. The first kappa shape index (κ1) is 26.7. The van der Waals surface area contributed by atoms with Crippen LogP contribution in [0, 0.1) is 22.0 Å². The van der Waals surface area contributed by atoms with E-state index in [0.717, 1.165) is 0 Å². The number of esters is 2. The maximum atomic E-state index is 13.2. The van der Waals surface area contributed by atoms with Gasteiger partial charge in [-0.2, -0.15) is 0 Å². The highest BCUT2D eigenvalue weighted by molar-refractivity contribution is 5.99. The van der Waals surface area contributed by atoms with E-state index >= 15 is 0 Å². The van der Waals surface area contributed by atoms with E-state index < -0.39 is 22.8 Å². The van der Waals surface area contributed by atoms with Gasteiger partial charge in [0.1, 0.15) is 11.5 Å². The number of rotatable bonds is 9. The van der Waals surface area contributed by atoms with Crippen molar-refractivity contribution in [2.75, 3.05) is 13.2 Å². The molecule has 3 rings (SSSR count). The third-order valence-corrected chi connectivity index (χ3v) is 5.57. The number of dihydropyridines is 1. The summed E-state index contributed by atoms with van der Waals surface area (Å²) in [7, 11) is 0. The number of nitrogens with zero attached hydrogens (tertiary/aromatic N) is 1. The van der Waals surface area contributed by atoms with Crippen LogP contribution in [0.3, 0.4) is 0 Å². The lowest BCUT2D eigenvalue weighted by Crippen LogP contribution is -2.33. The van der Waals surface area contributed by atoms with Crippen LogP contribution < -0.4 is 5.32 Å². The summed E-state index contributed by atoms with van der Waals surface area (Å²) in [5.41, 5.74) is 2.23. The van der Waals surface area contributed by atoms with Gasteiger partial charge in [0.05, 0.1) is 35.2 Å². The van der Waals surface area contributed by atoms with Crippen LogP contribution in [0.5, 0.6) is 0 Å². The van der Waals surface area contributed by atoms with Crippen molar-refractivity contribution in [3.05, 3.63) is 74.8 Å². The molecular weight excluding hydrogens is 464 g/mol. The molecule has 1 aliphatic heterocycles. The second-order valence-electron chi connectivity index (χ2n) is 9.63. The number of ether oxygens (including phenoxy) is 2. The zero-order chi connectivity index (χ0) is 26.6. The number of non-ortho nitro benzene ring substituents is 1. The summed E-state index contributed by atoms with van der Waals surface area (Å²) in [6.45, 7) is 11.7. The Labute approximate surface area is 210 Å². The predicted molar refractivity (Wildman–Crippen MR) is 134 cm³/mol. The maximum Gasteiger partial charge on any atom is 0.336 e. The average molecular weight is 497 g/mol. The van der Waals surface area contributed by atoms with Crippen molar-refractivity contribution in [2.45, 2.75) is 47.5 Å². The van der Waals surface area contributed by atoms with E-state index in [2.05, 4.69) is 5.32 Å². The van der Waals surface area contributed by atoms with E-state index in [1.165, 1.54) is 12.1 Å². The molecule has 2 aromatic rings. The van der Waals surface area contributed by atoms with Crippen LogP contribution in [0.2, 0.25) is 0 Å². The fourth-order valence-corrected chi connectivity index (χ4v) is 3.87. The molecule has 0 bridgehead atoms. The van der Waals surface area contributed by atoms with Gasteiger partial charge in [0.2, 0.25) is 0 Å². The molecule has 1 aromatic carbocycles. The van der Waals surface area contributed by atoms with Crippen molar-refractivity contribution < 1.29 is 28.4 Å². The number of carbonyl (C=O) groups is 2. The molecule has 0 unspecified atom stereocenters. The Hall–Kier alpha value is -3.88. The van der Waals surface area contributed by atoms with Gasteiger partial charge in [0, 0.05) is 29.1 Å². The van der Waals surface area contributed by atoms with Crippen LogP contribution in [0.4, 0.5) is 5.69 Å². The van der Waals surface area contributed by atoms with Crippen LogP contribution in [-0.4, -0.2) is 30.1 Å². The maximum absolute atomic E-state index is 13.2. The summed E-state index contributed by atoms with van der Waals surface area (Å²) in [5, 5.41) is 14.1. The van der Waals surface area contributed by atoms with Crippen molar-refractivity contribution >= 4 is 17.6 Å². The molecule has 1 aromatic heterocycles. The van der Waals surface area contributed by atoms with Gasteiger partial charge in [0.25, 0.3) is 5.69 Å². The van der Waals surface area contributed by atoms with Crippen LogP contribution in [0.25, 0.3) is 11.3 Å². The molecule has 0 saturated carbocycles. The highest BCUT2D eigenvalue weighted by Crippen LogP contribution is 2.41. The van der Waals surface area contributed by atoms with E-state index in [1.807, 2.05) is 27.7 Å². The lowest BCUT2D eigenvalue weighted by atomic mass is 9.83. The first-order valence-corrected chi connectivity index (χ1v) is 11.9. The SMILES string of the molecule is CC1=C(C(=O)OCC(C)C)C(c2ccc(-c3ccc([N+](=O)[O-])cc3)o2)C(C(=O)OCC(C)C)=C(C)N1. The number of benzene rings is 1. The summed E-state index contributed by atoms with van der Waals surface area (Å²) in [4.78, 5) is 36.9. The number of hydrogen-bond donors (Lipinski definition) is 1. The Morgan fingerprint density at radius 3 is 1.86 bits per heavy atom. The Kier molecular flexibility index (Phi) is 8.34. The fraction of sp³-hybridized carbons (Fsp3) is 0.407.